The van der Waals surface area contributed by atoms with Crippen molar-refractivity contribution in [2.45, 2.75) is 126 Å². The highest BCUT2D eigenvalue weighted by Crippen LogP contribution is 2.24. The number of nitrogens with one attached hydrogen (secondary N) is 11. The lowest BCUT2D eigenvalue weighted by atomic mass is 10.1. The van der Waals surface area contributed by atoms with Gasteiger partial charge in [-0.2, -0.15) is 0 Å². The normalized spacial score (nSPS) is 24.1. The van der Waals surface area contributed by atoms with Gasteiger partial charge >= 0.3 is 11.9 Å². The topological polar surface area (TPSA) is 488 Å². The number of nitrogens with two attached hydrogens (primary N) is 3. The molecular formula is C41H67N15O15S2. The number of carboxylic acid groups (broad SMARTS) is 2. The van der Waals surface area contributed by atoms with E-state index in [-0.39, 0.29) is 76.1 Å². The second kappa shape index (κ2) is 32.2. The number of rotatable bonds is 17. The number of nitrogens with zero attached hydrogens (tertiary/aromatic N) is 1. The molecule has 30 nitrogen and oxygen atoms in total. The molecule has 0 aliphatic carbocycles. The Morgan fingerprint density at radius 3 is 1.88 bits per heavy atom. The molecule has 0 spiro atoms. The highest BCUT2D eigenvalue weighted by molar-refractivity contribution is 8.76. The summed E-state index contributed by atoms with van der Waals surface area (Å²) in [6, 6.07) is -11.9. The SMILES string of the molecule is CCC(NC(C)=O)C(=O)NC1CSSCC(C(N)=O)NC(=O)C(CC(=O)O)NC(=O)C2CCCN2C(=O)CNC(=O)C(CCCCN)NC(=O)C(CC(=O)O)NC(=O)CNC(=O)C(CCCNC(=N)N)NC1=O. The number of aliphatic carboxylic acids is 2. The minimum absolute atomic E-state index is 0.00878. The van der Waals surface area contributed by atoms with E-state index in [0.717, 1.165) is 33.4 Å². The van der Waals surface area contributed by atoms with E-state index in [1.807, 2.05) is 0 Å². The maximum Gasteiger partial charge on any atom is 0.305 e. The zero-order valence-electron chi connectivity index (χ0n) is 40.3. The largest absolute Gasteiger partial charge is 0.481 e. The second-order valence-electron chi connectivity index (χ2n) is 16.7. The number of carbonyl (C=O) groups excluding carboxylic acids is 11. The van der Waals surface area contributed by atoms with E-state index in [9.17, 15) is 72.5 Å². The van der Waals surface area contributed by atoms with Gasteiger partial charge in [-0.1, -0.05) is 28.5 Å². The molecule has 2 rings (SSSR count). The molecule has 0 aromatic carbocycles. The number of fused-ring (bicyclic) bond motifs is 1. The maximum atomic E-state index is 14.0. The highest BCUT2D eigenvalue weighted by Gasteiger charge is 2.38. The lowest BCUT2D eigenvalue weighted by Gasteiger charge is -2.27. The summed E-state index contributed by atoms with van der Waals surface area (Å²) in [5.74, 6) is -14.5. The van der Waals surface area contributed by atoms with Gasteiger partial charge in [-0.15, -0.1) is 0 Å². The molecule has 2 heterocycles. The average molecular weight is 1070 g/mol. The molecule has 2 fully saturated rings. The number of carbonyl (C=O) groups is 13. The lowest BCUT2D eigenvalue weighted by molar-refractivity contribution is -0.143. The first-order valence-electron chi connectivity index (χ1n) is 23.2. The second-order valence-corrected chi connectivity index (χ2v) is 19.3. The molecule has 8 unspecified atom stereocenters. The van der Waals surface area contributed by atoms with Crippen LogP contribution < -0.4 is 70.4 Å². The Kier molecular flexibility index (Phi) is 27.4. The first-order valence-corrected chi connectivity index (χ1v) is 25.6. The number of hydrogen-bond acceptors (Lipinski definition) is 17. The Labute approximate surface area is 427 Å². The van der Waals surface area contributed by atoms with Crippen molar-refractivity contribution in [1.29, 1.82) is 5.41 Å². The van der Waals surface area contributed by atoms with Crippen LogP contribution in [-0.2, 0) is 62.3 Å². The van der Waals surface area contributed by atoms with Crippen molar-refractivity contribution in [3.63, 3.8) is 0 Å². The number of carboxylic acids is 2. The van der Waals surface area contributed by atoms with Crippen LogP contribution in [0.25, 0.3) is 0 Å². The van der Waals surface area contributed by atoms with Gasteiger partial charge in [-0.25, -0.2) is 0 Å². The van der Waals surface area contributed by atoms with Crippen LogP contribution in [0.15, 0.2) is 0 Å². The standard InChI is InChI=1S/C41H67N15O15S2/c1-3-21(49-20(2)57)36(67)55-27-19-73-72-18-26(33(43)64)54-38(69)25(15-32(62)63)53-40(71)28-10-7-13-56(28)30(59)17-48-35(66)22(8-4-5-11-42)51-37(68)24(14-31(60)61)50-29(58)16-47-34(65)23(52-39(27)70)9-6-12-46-41(44)45/h21-28H,3-19,42H2,1-2H3,(H2,43,64)(H,47,65)(H,48,66)(H,49,57)(H,50,58)(H,51,68)(H,52,70)(H,53,71)(H,54,69)(H,55,67)(H,60,61)(H,62,63)(H4,44,45,46). The van der Waals surface area contributed by atoms with E-state index in [1.165, 1.54) is 0 Å². The zero-order chi connectivity index (χ0) is 54.8. The Morgan fingerprint density at radius 2 is 1.30 bits per heavy atom. The Morgan fingerprint density at radius 1 is 0.740 bits per heavy atom. The summed E-state index contributed by atoms with van der Waals surface area (Å²) in [7, 11) is 1.74. The van der Waals surface area contributed by atoms with E-state index in [2.05, 4.69) is 53.2 Å². The van der Waals surface area contributed by atoms with Gasteiger partial charge in [0.1, 0.15) is 48.3 Å². The minimum Gasteiger partial charge on any atom is -0.481 e. The van der Waals surface area contributed by atoms with Gasteiger partial charge in [0.25, 0.3) is 0 Å². The molecule has 2 aliphatic rings. The molecule has 0 saturated carbocycles. The summed E-state index contributed by atoms with van der Waals surface area (Å²) in [6.45, 7) is 1.38. The van der Waals surface area contributed by atoms with Gasteiger partial charge < -0.3 is 85.5 Å². The van der Waals surface area contributed by atoms with Crippen molar-refractivity contribution in [3.8, 4) is 0 Å². The minimum atomic E-state index is -1.82. The van der Waals surface area contributed by atoms with Gasteiger partial charge in [0.15, 0.2) is 5.96 Å². The van der Waals surface area contributed by atoms with E-state index in [0.29, 0.717) is 6.42 Å². The molecule has 2 aliphatic heterocycles. The summed E-state index contributed by atoms with van der Waals surface area (Å²) < 4.78 is 0. The highest BCUT2D eigenvalue weighted by atomic mass is 33.1. The summed E-state index contributed by atoms with van der Waals surface area (Å²) >= 11 is 0. The molecule has 19 N–H and O–H groups in total. The Balaban J connectivity index is 2.63. The number of unbranched alkanes of at least 4 members (excludes halogenated alkanes) is 1. The van der Waals surface area contributed by atoms with E-state index in [4.69, 9.17) is 22.6 Å². The number of hydrogen-bond donors (Lipinski definition) is 16. The molecule has 73 heavy (non-hydrogen) atoms. The molecule has 11 amide bonds. The van der Waals surface area contributed by atoms with Gasteiger partial charge in [0.2, 0.25) is 65.0 Å². The van der Waals surface area contributed by atoms with Crippen LogP contribution in [-0.4, -0.2) is 191 Å². The number of guanidine groups is 1. The molecule has 0 bridgehead atoms. The number of primary amides is 1. The van der Waals surface area contributed by atoms with E-state index in [1.54, 1.807) is 6.92 Å². The van der Waals surface area contributed by atoms with Crippen LogP contribution in [0.3, 0.4) is 0 Å². The van der Waals surface area contributed by atoms with Crippen LogP contribution in [0.4, 0.5) is 0 Å². The Bertz CT molecular complexity index is 2050. The van der Waals surface area contributed by atoms with Crippen molar-refractivity contribution in [1.82, 2.24) is 58.1 Å². The monoisotopic (exact) mass is 1070 g/mol. The molecule has 0 radical (unpaired) electrons. The third-order valence-electron chi connectivity index (χ3n) is 10.9. The molecule has 32 heteroatoms. The summed E-state index contributed by atoms with van der Waals surface area (Å²) in [4.78, 5) is 171. The fourth-order valence-corrected chi connectivity index (χ4v) is 9.50. The van der Waals surface area contributed by atoms with Crippen LogP contribution >= 0.6 is 21.6 Å². The average Bonchev–Trinajstić information content (AvgIpc) is 3.82. The van der Waals surface area contributed by atoms with Crippen LogP contribution in [0, 0.1) is 5.41 Å². The van der Waals surface area contributed by atoms with Crippen molar-refractivity contribution >= 4 is 104 Å². The molecule has 0 aromatic rings. The van der Waals surface area contributed by atoms with E-state index < -0.39 is 157 Å². The van der Waals surface area contributed by atoms with Crippen LogP contribution in [0.5, 0.6) is 0 Å². The molecular weight excluding hydrogens is 1010 g/mol. The molecule has 8 atom stereocenters. The fraction of sp³-hybridized carbons (Fsp3) is 0.659. The van der Waals surface area contributed by atoms with Crippen LogP contribution in [0.2, 0.25) is 0 Å². The predicted octanol–water partition coefficient (Wildman–Crippen LogP) is -6.74. The zero-order valence-corrected chi connectivity index (χ0v) is 42.0. The fourth-order valence-electron chi connectivity index (χ4n) is 7.15. The third-order valence-corrected chi connectivity index (χ3v) is 13.3. The van der Waals surface area contributed by atoms with Crippen molar-refractivity contribution < 1.29 is 72.5 Å². The molecule has 408 valence electrons. The molecule has 2 saturated heterocycles. The first kappa shape index (κ1) is 62.2. The van der Waals surface area contributed by atoms with Gasteiger partial charge in [-0.3, -0.25) is 67.7 Å². The summed E-state index contributed by atoms with van der Waals surface area (Å²) in [5.41, 5.74) is 16.6. The van der Waals surface area contributed by atoms with Crippen LogP contribution in [0.1, 0.15) is 78.1 Å². The smallest absolute Gasteiger partial charge is 0.305 e. The quantitative estimate of drug-likeness (QED) is 0.0279. The third kappa shape index (κ3) is 23.0. The van der Waals surface area contributed by atoms with Gasteiger partial charge in [-0.05, 0) is 57.9 Å². The van der Waals surface area contributed by atoms with Gasteiger partial charge in [0, 0.05) is 31.5 Å². The van der Waals surface area contributed by atoms with E-state index >= 15 is 0 Å². The maximum absolute atomic E-state index is 14.0. The lowest BCUT2D eigenvalue weighted by Crippen LogP contribution is -2.58. The van der Waals surface area contributed by atoms with Crippen molar-refractivity contribution in [2.75, 3.05) is 44.2 Å². The summed E-state index contributed by atoms with van der Waals surface area (Å²) in [5, 5.41) is 50.6. The Hall–Kier alpha value is -6.96. The first-order chi connectivity index (χ1) is 34.5. The van der Waals surface area contributed by atoms with Crippen molar-refractivity contribution in [3.05, 3.63) is 0 Å². The number of amides is 11. The molecule has 0 aromatic heterocycles. The van der Waals surface area contributed by atoms with Gasteiger partial charge in [0.05, 0.1) is 25.9 Å². The predicted molar refractivity (Wildman–Crippen MR) is 261 cm³/mol. The van der Waals surface area contributed by atoms with Crippen molar-refractivity contribution in [2.24, 2.45) is 17.2 Å². The summed E-state index contributed by atoms with van der Waals surface area (Å²) in [6.07, 6.45) is -1.07.